The molecule has 6 heteroatoms. The summed E-state index contributed by atoms with van der Waals surface area (Å²) in [5.74, 6) is 0.153. The first-order valence-electron chi connectivity index (χ1n) is 10.9. The van der Waals surface area contributed by atoms with E-state index in [9.17, 15) is 4.79 Å². The average molecular weight is 437 g/mol. The maximum Gasteiger partial charge on any atom is 0.227 e. The van der Waals surface area contributed by atoms with Gasteiger partial charge in [-0.15, -0.1) is 0 Å². The largest absolute Gasteiger partial charge is 0.326 e. The van der Waals surface area contributed by atoms with Gasteiger partial charge < -0.3 is 5.32 Å². The Kier molecular flexibility index (Phi) is 6.73. The maximum absolute atomic E-state index is 12.8. The fourth-order valence-electron chi connectivity index (χ4n) is 4.04. The average Bonchev–Trinajstić information content (AvgIpc) is 3.23. The van der Waals surface area contributed by atoms with Crippen molar-refractivity contribution in [3.63, 3.8) is 0 Å². The van der Waals surface area contributed by atoms with E-state index < -0.39 is 0 Å². The van der Waals surface area contributed by atoms with E-state index in [1.807, 2.05) is 59.4 Å². The lowest BCUT2D eigenvalue weighted by atomic mass is 9.95. The van der Waals surface area contributed by atoms with E-state index >= 15 is 0 Å². The van der Waals surface area contributed by atoms with E-state index in [2.05, 4.69) is 35.4 Å². The van der Waals surface area contributed by atoms with Gasteiger partial charge in [-0.25, -0.2) is 0 Å². The lowest BCUT2D eigenvalue weighted by molar-refractivity contribution is -0.121. The lowest BCUT2D eigenvalue weighted by Crippen LogP contribution is -2.37. The van der Waals surface area contributed by atoms with Crippen molar-refractivity contribution in [3.05, 3.63) is 71.5 Å². The topological polar surface area (TPSA) is 50.2 Å². The summed E-state index contributed by atoms with van der Waals surface area (Å²) < 4.78 is 1.99. The highest BCUT2D eigenvalue weighted by Gasteiger charge is 2.25. The summed E-state index contributed by atoms with van der Waals surface area (Å²) in [5, 5.41) is 8.24. The predicted molar refractivity (Wildman–Crippen MR) is 126 cm³/mol. The smallest absolute Gasteiger partial charge is 0.227 e. The summed E-state index contributed by atoms with van der Waals surface area (Å²) in [5.41, 5.74) is 4.13. The van der Waals surface area contributed by atoms with Gasteiger partial charge in [0, 0.05) is 41.0 Å². The van der Waals surface area contributed by atoms with Crippen LogP contribution in [-0.2, 0) is 11.3 Å². The number of rotatable bonds is 6. The molecule has 162 valence electrons. The lowest BCUT2D eigenvalue weighted by Gasteiger charge is -2.31. The van der Waals surface area contributed by atoms with Crippen molar-refractivity contribution >= 4 is 23.2 Å². The Labute approximate surface area is 189 Å². The van der Waals surface area contributed by atoms with Gasteiger partial charge in [0.15, 0.2) is 0 Å². The minimum absolute atomic E-state index is 0.0458. The molecule has 3 aromatic rings. The Bertz CT molecular complexity index is 1040. The molecule has 0 spiro atoms. The van der Waals surface area contributed by atoms with Gasteiger partial charge >= 0.3 is 0 Å². The first-order valence-corrected chi connectivity index (χ1v) is 11.3. The van der Waals surface area contributed by atoms with Gasteiger partial charge in [-0.2, -0.15) is 5.10 Å². The van der Waals surface area contributed by atoms with E-state index in [0.717, 1.165) is 49.3 Å². The summed E-state index contributed by atoms with van der Waals surface area (Å²) in [6.07, 6.45) is 5.82. The van der Waals surface area contributed by atoms with Gasteiger partial charge in [0.25, 0.3) is 0 Å². The van der Waals surface area contributed by atoms with Crippen molar-refractivity contribution in [2.24, 2.45) is 5.92 Å². The fourth-order valence-corrected chi connectivity index (χ4v) is 4.23. The first kappa shape index (κ1) is 21.6. The molecule has 2 heterocycles. The van der Waals surface area contributed by atoms with E-state index in [4.69, 9.17) is 11.6 Å². The molecule has 0 saturated carbocycles. The third kappa shape index (κ3) is 5.54. The number of anilines is 1. The van der Waals surface area contributed by atoms with Crippen molar-refractivity contribution in [1.82, 2.24) is 14.7 Å². The van der Waals surface area contributed by atoms with Crippen LogP contribution in [0.25, 0.3) is 11.1 Å². The quantitative estimate of drug-likeness (QED) is 0.544. The number of nitrogens with zero attached hydrogens (tertiary/aromatic N) is 3. The first-order chi connectivity index (χ1) is 15.0. The zero-order chi connectivity index (χ0) is 21.8. The monoisotopic (exact) mass is 436 g/mol. The number of likely N-dealkylation sites (tertiary alicyclic amines) is 1. The second-order valence-electron chi connectivity index (χ2n) is 8.55. The van der Waals surface area contributed by atoms with Crippen molar-refractivity contribution in [3.8, 4) is 11.1 Å². The molecule has 0 aliphatic carbocycles. The molecular weight excluding hydrogens is 408 g/mol. The number of hydrogen-bond donors (Lipinski definition) is 1. The van der Waals surface area contributed by atoms with Crippen molar-refractivity contribution in [2.75, 3.05) is 18.4 Å². The van der Waals surface area contributed by atoms with Crippen LogP contribution in [0, 0.1) is 5.92 Å². The molecule has 1 aliphatic rings. The summed E-state index contributed by atoms with van der Waals surface area (Å²) >= 11 is 6.12. The molecule has 2 aromatic carbocycles. The van der Waals surface area contributed by atoms with Crippen LogP contribution in [0.1, 0.15) is 38.3 Å². The molecule has 0 unspecified atom stereocenters. The Morgan fingerprint density at radius 1 is 1.13 bits per heavy atom. The van der Waals surface area contributed by atoms with E-state index in [1.165, 1.54) is 5.56 Å². The van der Waals surface area contributed by atoms with Crippen LogP contribution in [0.3, 0.4) is 0 Å². The van der Waals surface area contributed by atoms with Crippen LogP contribution in [0.5, 0.6) is 0 Å². The summed E-state index contributed by atoms with van der Waals surface area (Å²) in [7, 11) is 0. The van der Waals surface area contributed by atoms with Crippen molar-refractivity contribution in [1.29, 1.82) is 0 Å². The summed E-state index contributed by atoms with van der Waals surface area (Å²) in [6, 6.07) is 16.1. The molecule has 0 atom stereocenters. The molecule has 5 nitrogen and oxygen atoms in total. The van der Waals surface area contributed by atoms with Gasteiger partial charge in [-0.05, 0) is 75.2 Å². The van der Waals surface area contributed by atoms with Gasteiger partial charge in [0.1, 0.15) is 0 Å². The number of hydrogen-bond acceptors (Lipinski definition) is 3. The zero-order valence-electron chi connectivity index (χ0n) is 18.1. The highest BCUT2D eigenvalue weighted by molar-refractivity contribution is 6.30. The molecule has 1 saturated heterocycles. The Balaban J connectivity index is 1.31. The Morgan fingerprint density at radius 3 is 2.52 bits per heavy atom. The third-order valence-electron chi connectivity index (χ3n) is 5.84. The van der Waals surface area contributed by atoms with E-state index in [0.29, 0.717) is 11.1 Å². The van der Waals surface area contributed by atoms with Gasteiger partial charge in [-0.3, -0.25) is 14.4 Å². The minimum Gasteiger partial charge on any atom is -0.326 e. The fraction of sp³-hybridized carbons (Fsp3) is 0.360. The number of halogens is 1. The predicted octanol–water partition coefficient (Wildman–Crippen LogP) is 5.64. The molecule has 31 heavy (non-hydrogen) atoms. The van der Waals surface area contributed by atoms with Crippen molar-refractivity contribution in [2.45, 2.75) is 39.3 Å². The molecule has 0 bridgehead atoms. The molecule has 1 fully saturated rings. The highest BCUT2D eigenvalue weighted by atomic mass is 35.5. The second kappa shape index (κ2) is 9.67. The highest BCUT2D eigenvalue weighted by Crippen LogP contribution is 2.26. The summed E-state index contributed by atoms with van der Waals surface area (Å²) in [4.78, 5) is 15.3. The number of carbonyl (C=O) groups is 1. The van der Waals surface area contributed by atoms with Crippen LogP contribution in [0.2, 0.25) is 5.02 Å². The number of carbonyl (C=O) groups excluding carboxylic acids is 1. The van der Waals surface area contributed by atoms with E-state index in [1.54, 1.807) is 0 Å². The number of nitrogens with one attached hydrogen (secondary N) is 1. The van der Waals surface area contributed by atoms with Gasteiger partial charge in [0.05, 0.1) is 6.20 Å². The molecular formula is C25H29ClN4O. The van der Waals surface area contributed by atoms with E-state index in [-0.39, 0.29) is 11.8 Å². The standard InChI is InChI=1S/C25H29ClN4O/c1-18(2)30-17-19(15-27-30)16-29-11-9-20(10-12-29)25(31)28-24-8-4-6-22(14-24)21-5-3-7-23(26)13-21/h3-8,13-15,17-18,20H,9-12,16H2,1-2H3,(H,28,31). The van der Waals surface area contributed by atoms with Crippen molar-refractivity contribution < 1.29 is 4.79 Å². The number of aromatic nitrogens is 2. The van der Waals surface area contributed by atoms with Crippen LogP contribution in [-0.4, -0.2) is 33.7 Å². The van der Waals surface area contributed by atoms with Crippen LogP contribution >= 0.6 is 11.6 Å². The van der Waals surface area contributed by atoms with Gasteiger partial charge in [0.2, 0.25) is 5.91 Å². The SMILES string of the molecule is CC(C)n1cc(CN2CCC(C(=O)Nc3cccc(-c4cccc(Cl)c4)c3)CC2)cn1. The Morgan fingerprint density at radius 2 is 1.84 bits per heavy atom. The second-order valence-corrected chi connectivity index (χ2v) is 8.99. The van der Waals surface area contributed by atoms with Crippen LogP contribution in [0.15, 0.2) is 60.9 Å². The third-order valence-corrected chi connectivity index (χ3v) is 6.07. The number of amides is 1. The molecule has 1 aromatic heterocycles. The van der Waals surface area contributed by atoms with Gasteiger partial charge in [-0.1, -0.05) is 35.9 Å². The molecule has 1 amide bonds. The normalized spacial score (nSPS) is 15.4. The Hall–Kier alpha value is -2.63. The zero-order valence-corrected chi connectivity index (χ0v) is 18.8. The number of piperidine rings is 1. The van der Waals surface area contributed by atoms with Crippen LogP contribution < -0.4 is 5.32 Å². The number of benzene rings is 2. The molecule has 4 rings (SSSR count). The molecule has 1 aliphatic heterocycles. The minimum atomic E-state index is 0.0458. The molecule has 0 radical (unpaired) electrons. The molecule has 1 N–H and O–H groups in total. The summed E-state index contributed by atoms with van der Waals surface area (Å²) in [6.45, 7) is 7.00. The van der Waals surface area contributed by atoms with Crippen LogP contribution in [0.4, 0.5) is 5.69 Å². The maximum atomic E-state index is 12.8.